The molecule has 16 heavy (non-hydrogen) atoms. The molecule has 1 aromatic carbocycles. The van der Waals surface area contributed by atoms with Gasteiger partial charge in [-0.25, -0.2) is 8.78 Å². The number of esters is 1. The topological polar surface area (TPSA) is 35.5 Å². The van der Waals surface area contributed by atoms with Crippen molar-refractivity contribution in [3.05, 3.63) is 29.3 Å². The van der Waals surface area contributed by atoms with Gasteiger partial charge in [-0.1, -0.05) is 0 Å². The second-order valence-corrected chi connectivity index (χ2v) is 3.05. The third-order valence-corrected chi connectivity index (χ3v) is 1.97. The monoisotopic (exact) mass is 230 g/mol. The first kappa shape index (κ1) is 12.4. The van der Waals surface area contributed by atoms with Crippen LogP contribution in [0.25, 0.3) is 0 Å². The first-order valence-corrected chi connectivity index (χ1v) is 4.76. The second kappa shape index (κ2) is 5.44. The summed E-state index contributed by atoms with van der Waals surface area (Å²) in [6.07, 6.45) is -0.275. The molecule has 88 valence electrons. The molecule has 0 saturated carbocycles. The average Bonchev–Trinajstić information content (AvgIpc) is 2.22. The Morgan fingerprint density at radius 2 is 2.06 bits per heavy atom. The molecule has 0 aromatic heterocycles. The Kier molecular flexibility index (Phi) is 4.22. The molecule has 0 aliphatic rings. The molecule has 0 radical (unpaired) electrons. The summed E-state index contributed by atoms with van der Waals surface area (Å²) in [5, 5.41) is 0. The zero-order valence-corrected chi connectivity index (χ0v) is 9.05. The molecular formula is C11H12F2O3. The van der Waals surface area contributed by atoms with E-state index in [0.717, 1.165) is 6.07 Å². The molecule has 0 spiro atoms. The van der Waals surface area contributed by atoms with Gasteiger partial charge in [0.05, 0.1) is 20.1 Å². The minimum atomic E-state index is -0.815. The van der Waals surface area contributed by atoms with Gasteiger partial charge in [-0.3, -0.25) is 4.79 Å². The lowest BCUT2D eigenvalue weighted by atomic mass is 10.1. The van der Waals surface area contributed by atoms with Crippen molar-refractivity contribution < 1.29 is 23.0 Å². The summed E-state index contributed by atoms with van der Waals surface area (Å²) in [6.45, 7) is 1.86. The SMILES string of the molecule is CCOC(=O)Cc1c(F)cc(F)cc1OC. The summed E-state index contributed by atoms with van der Waals surface area (Å²) in [5.74, 6) is -2.14. The minimum Gasteiger partial charge on any atom is -0.496 e. The molecule has 0 aliphatic carbocycles. The van der Waals surface area contributed by atoms with Gasteiger partial charge in [0, 0.05) is 17.7 Å². The number of benzene rings is 1. The molecule has 1 rings (SSSR count). The molecule has 5 heteroatoms. The van der Waals surface area contributed by atoms with Gasteiger partial charge in [-0.2, -0.15) is 0 Å². The van der Waals surface area contributed by atoms with E-state index in [1.54, 1.807) is 6.92 Å². The van der Waals surface area contributed by atoms with Crippen LogP contribution in [0.1, 0.15) is 12.5 Å². The molecule has 0 fully saturated rings. The fraction of sp³-hybridized carbons (Fsp3) is 0.364. The van der Waals surface area contributed by atoms with Crippen molar-refractivity contribution in [3.8, 4) is 5.75 Å². The minimum absolute atomic E-state index is 0.00218. The standard InChI is InChI=1S/C11H12F2O3/c1-3-16-11(14)6-8-9(13)4-7(12)5-10(8)15-2/h4-5H,3,6H2,1-2H3. The Hall–Kier alpha value is -1.65. The van der Waals surface area contributed by atoms with Gasteiger partial charge in [0.2, 0.25) is 0 Å². The third kappa shape index (κ3) is 2.92. The van der Waals surface area contributed by atoms with E-state index in [2.05, 4.69) is 4.74 Å². The van der Waals surface area contributed by atoms with E-state index in [-0.39, 0.29) is 24.3 Å². The normalized spacial score (nSPS) is 10.0. The smallest absolute Gasteiger partial charge is 0.310 e. The number of rotatable bonds is 4. The summed E-state index contributed by atoms with van der Waals surface area (Å²) < 4.78 is 35.7. The summed E-state index contributed by atoms with van der Waals surface area (Å²) >= 11 is 0. The number of ether oxygens (including phenoxy) is 2. The Labute approximate surface area is 92.0 Å². The van der Waals surface area contributed by atoms with E-state index in [1.807, 2.05) is 0 Å². The molecular weight excluding hydrogens is 218 g/mol. The molecule has 0 bridgehead atoms. The molecule has 0 atom stereocenters. The second-order valence-electron chi connectivity index (χ2n) is 3.05. The van der Waals surface area contributed by atoms with E-state index in [0.29, 0.717) is 6.07 Å². The highest BCUT2D eigenvalue weighted by Crippen LogP contribution is 2.23. The molecule has 3 nitrogen and oxygen atoms in total. The summed E-state index contributed by atoms with van der Waals surface area (Å²) in [6, 6.07) is 1.73. The van der Waals surface area contributed by atoms with Crippen LogP contribution in [0, 0.1) is 11.6 Å². The van der Waals surface area contributed by atoms with Gasteiger partial charge in [0.1, 0.15) is 17.4 Å². The van der Waals surface area contributed by atoms with Crippen molar-refractivity contribution in [3.63, 3.8) is 0 Å². The zero-order chi connectivity index (χ0) is 12.1. The van der Waals surface area contributed by atoms with Crippen LogP contribution in [-0.4, -0.2) is 19.7 Å². The quantitative estimate of drug-likeness (QED) is 0.743. The van der Waals surface area contributed by atoms with Gasteiger partial charge in [0.25, 0.3) is 0 Å². The van der Waals surface area contributed by atoms with E-state index in [4.69, 9.17) is 4.74 Å². The fourth-order valence-electron chi connectivity index (χ4n) is 1.29. The molecule has 0 heterocycles. The molecule has 1 aromatic rings. The molecule has 0 amide bonds. The van der Waals surface area contributed by atoms with E-state index in [9.17, 15) is 13.6 Å². The van der Waals surface area contributed by atoms with Crippen molar-refractivity contribution in [2.45, 2.75) is 13.3 Å². The molecule has 0 N–H and O–H groups in total. The summed E-state index contributed by atoms with van der Waals surface area (Å²) in [4.78, 5) is 11.2. The largest absolute Gasteiger partial charge is 0.496 e. The average molecular weight is 230 g/mol. The van der Waals surface area contributed by atoms with Crippen LogP contribution in [-0.2, 0) is 16.0 Å². The summed E-state index contributed by atoms with van der Waals surface area (Å²) in [5.41, 5.74) is 0.00218. The van der Waals surface area contributed by atoms with Crippen molar-refractivity contribution >= 4 is 5.97 Å². The Bertz CT molecular complexity index is 391. The van der Waals surface area contributed by atoms with Crippen molar-refractivity contribution in [2.75, 3.05) is 13.7 Å². The van der Waals surface area contributed by atoms with Crippen LogP contribution in [0.2, 0.25) is 0 Å². The van der Waals surface area contributed by atoms with Crippen molar-refractivity contribution in [1.29, 1.82) is 0 Å². The number of carbonyl (C=O) groups excluding carboxylic acids is 1. The van der Waals surface area contributed by atoms with E-state index in [1.165, 1.54) is 7.11 Å². The predicted molar refractivity (Wildman–Crippen MR) is 53.2 cm³/mol. The molecule has 0 saturated heterocycles. The maximum absolute atomic E-state index is 13.4. The Balaban J connectivity index is 2.98. The van der Waals surface area contributed by atoms with E-state index >= 15 is 0 Å². The van der Waals surface area contributed by atoms with Gasteiger partial charge in [-0.15, -0.1) is 0 Å². The van der Waals surface area contributed by atoms with Crippen LogP contribution in [0.3, 0.4) is 0 Å². The predicted octanol–water partition coefficient (Wildman–Crippen LogP) is 2.08. The van der Waals surface area contributed by atoms with Crippen molar-refractivity contribution in [2.24, 2.45) is 0 Å². The van der Waals surface area contributed by atoms with Crippen LogP contribution in [0.5, 0.6) is 5.75 Å². The zero-order valence-electron chi connectivity index (χ0n) is 9.05. The van der Waals surface area contributed by atoms with Gasteiger partial charge in [-0.05, 0) is 6.92 Å². The van der Waals surface area contributed by atoms with Crippen LogP contribution in [0.15, 0.2) is 12.1 Å². The van der Waals surface area contributed by atoms with Crippen LogP contribution < -0.4 is 4.74 Å². The number of methoxy groups -OCH3 is 1. The van der Waals surface area contributed by atoms with Gasteiger partial charge < -0.3 is 9.47 Å². The van der Waals surface area contributed by atoms with Crippen LogP contribution in [0.4, 0.5) is 8.78 Å². The van der Waals surface area contributed by atoms with Gasteiger partial charge in [0.15, 0.2) is 0 Å². The van der Waals surface area contributed by atoms with E-state index < -0.39 is 17.6 Å². The highest BCUT2D eigenvalue weighted by Gasteiger charge is 2.16. The Morgan fingerprint density at radius 1 is 1.38 bits per heavy atom. The lowest BCUT2D eigenvalue weighted by Gasteiger charge is -2.09. The lowest BCUT2D eigenvalue weighted by Crippen LogP contribution is -2.10. The lowest BCUT2D eigenvalue weighted by molar-refractivity contribution is -0.142. The number of hydrogen-bond acceptors (Lipinski definition) is 3. The van der Waals surface area contributed by atoms with Crippen molar-refractivity contribution in [1.82, 2.24) is 0 Å². The molecule has 0 aliphatic heterocycles. The first-order valence-electron chi connectivity index (χ1n) is 4.76. The maximum Gasteiger partial charge on any atom is 0.310 e. The van der Waals surface area contributed by atoms with Gasteiger partial charge >= 0.3 is 5.97 Å². The number of carbonyl (C=O) groups is 1. The first-order chi connectivity index (χ1) is 7.58. The van der Waals surface area contributed by atoms with Crippen LogP contribution >= 0.6 is 0 Å². The Morgan fingerprint density at radius 3 is 2.62 bits per heavy atom. The number of halogens is 2. The molecule has 0 unspecified atom stereocenters. The highest BCUT2D eigenvalue weighted by molar-refractivity contribution is 5.73. The fourth-order valence-corrected chi connectivity index (χ4v) is 1.29. The highest BCUT2D eigenvalue weighted by atomic mass is 19.1. The third-order valence-electron chi connectivity index (χ3n) is 1.97. The maximum atomic E-state index is 13.4. The summed E-state index contributed by atoms with van der Waals surface area (Å²) in [7, 11) is 1.28. The number of hydrogen-bond donors (Lipinski definition) is 0.